The van der Waals surface area contributed by atoms with Crippen molar-refractivity contribution in [1.29, 1.82) is 0 Å². The first-order valence-electron chi connectivity index (χ1n) is 5.73. The average molecular weight is 240 g/mol. The predicted molar refractivity (Wildman–Crippen MR) is 64.1 cm³/mol. The van der Waals surface area contributed by atoms with E-state index >= 15 is 0 Å². The van der Waals surface area contributed by atoms with E-state index in [1.807, 2.05) is 20.8 Å². The van der Waals surface area contributed by atoms with Crippen LogP contribution in [0.25, 0.3) is 0 Å². The summed E-state index contributed by atoms with van der Waals surface area (Å²) in [4.78, 5) is 12.1. The third-order valence-electron chi connectivity index (χ3n) is 2.43. The lowest BCUT2D eigenvalue weighted by atomic mass is 10.0. The predicted octanol–water partition coefficient (Wildman–Crippen LogP) is 1.87. The van der Waals surface area contributed by atoms with E-state index in [0.29, 0.717) is 23.6 Å². The van der Waals surface area contributed by atoms with Crippen LogP contribution < -0.4 is 5.32 Å². The highest BCUT2D eigenvalue weighted by Crippen LogP contribution is 2.22. The smallest absolute Gasteiger partial charge is 0.257 e. The Balaban J connectivity index is 2.84. The van der Waals surface area contributed by atoms with E-state index in [2.05, 4.69) is 10.5 Å². The SMILES string of the molecule is COC[C@H](C)NC(=O)c1c(C)noc1C(C)C. The minimum atomic E-state index is -0.156. The molecule has 1 heterocycles. The van der Waals surface area contributed by atoms with Crippen LogP contribution in [0.3, 0.4) is 0 Å². The normalized spacial score (nSPS) is 12.8. The van der Waals surface area contributed by atoms with Gasteiger partial charge in [-0.2, -0.15) is 0 Å². The number of hydrogen-bond acceptors (Lipinski definition) is 4. The quantitative estimate of drug-likeness (QED) is 0.853. The first-order valence-corrected chi connectivity index (χ1v) is 5.73. The monoisotopic (exact) mass is 240 g/mol. The fourth-order valence-corrected chi connectivity index (χ4v) is 1.65. The third kappa shape index (κ3) is 3.30. The molecule has 1 aromatic rings. The molecule has 1 aromatic heterocycles. The number of nitrogens with one attached hydrogen (secondary N) is 1. The Labute approximate surface area is 102 Å². The second-order valence-corrected chi connectivity index (χ2v) is 4.49. The number of ether oxygens (including phenoxy) is 1. The second-order valence-electron chi connectivity index (χ2n) is 4.49. The van der Waals surface area contributed by atoms with Gasteiger partial charge < -0.3 is 14.6 Å². The van der Waals surface area contributed by atoms with Crippen LogP contribution in [-0.2, 0) is 4.74 Å². The number of aryl methyl sites for hydroxylation is 1. The van der Waals surface area contributed by atoms with Gasteiger partial charge in [-0.15, -0.1) is 0 Å². The molecule has 0 bridgehead atoms. The molecule has 1 atom stereocenters. The number of carbonyl (C=O) groups excluding carboxylic acids is 1. The summed E-state index contributed by atoms with van der Waals surface area (Å²) in [5, 5.41) is 6.70. The summed E-state index contributed by atoms with van der Waals surface area (Å²) in [7, 11) is 1.60. The first-order chi connectivity index (χ1) is 7.97. The summed E-state index contributed by atoms with van der Waals surface area (Å²) in [6.45, 7) is 8.07. The fourth-order valence-electron chi connectivity index (χ4n) is 1.65. The van der Waals surface area contributed by atoms with Gasteiger partial charge in [0.25, 0.3) is 5.91 Å². The number of hydrogen-bond donors (Lipinski definition) is 1. The lowest BCUT2D eigenvalue weighted by Gasteiger charge is -2.13. The van der Waals surface area contributed by atoms with Gasteiger partial charge in [0.1, 0.15) is 5.56 Å². The fraction of sp³-hybridized carbons (Fsp3) is 0.667. The highest BCUT2D eigenvalue weighted by atomic mass is 16.5. The number of methoxy groups -OCH3 is 1. The van der Waals surface area contributed by atoms with Crippen molar-refractivity contribution in [1.82, 2.24) is 10.5 Å². The average Bonchev–Trinajstić information content (AvgIpc) is 2.60. The Bertz CT molecular complexity index is 385. The summed E-state index contributed by atoms with van der Waals surface area (Å²) in [5.41, 5.74) is 1.17. The molecule has 0 spiro atoms. The van der Waals surface area contributed by atoms with Crippen molar-refractivity contribution in [2.24, 2.45) is 0 Å². The maximum Gasteiger partial charge on any atom is 0.257 e. The Morgan fingerprint density at radius 2 is 2.12 bits per heavy atom. The molecule has 0 saturated carbocycles. The van der Waals surface area contributed by atoms with Crippen LogP contribution in [0, 0.1) is 6.92 Å². The largest absolute Gasteiger partial charge is 0.383 e. The zero-order valence-electron chi connectivity index (χ0n) is 11.0. The Morgan fingerprint density at radius 3 is 2.65 bits per heavy atom. The van der Waals surface area contributed by atoms with Gasteiger partial charge >= 0.3 is 0 Å². The minimum absolute atomic E-state index is 0.0400. The van der Waals surface area contributed by atoms with Crippen molar-refractivity contribution in [2.75, 3.05) is 13.7 Å². The van der Waals surface area contributed by atoms with Crippen molar-refractivity contribution >= 4 is 5.91 Å². The molecule has 0 saturated heterocycles. The molecule has 1 amide bonds. The lowest BCUT2D eigenvalue weighted by Crippen LogP contribution is -2.36. The van der Waals surface area contributed by atoms with Gasteiger partial charge in [0.15, 0.2) is 5.76 Å². The van der Waals surface area contributed by atoms with Crippen LogP contribution in [0.1, 0.15) is 48.5 Å². The zero-order chi connectivity index (χ0) is 13.0. The number of rotatable bonds is 5. The Hall–Kier alpha value is -1.36. The van der Waals surface area contributed by atoms with Crippen LogP contribution in [0.4, 0.5) is 0 Å². The maximum atomic E-state index is 12.1. The van der Waals surface area contributed by atoms with Crippen molar-refractivity contribution in [3.63, 3.8) is 0 Å². The van der Waals surface area contributed by atoms with Crippen molar-refractivity contribution < 1.29 is 14.1 Å². The van der Waals surface area contributed by atoms with Crippen LogP contribution in [-0.4, -0.2) is 30.8 Å². The van der Waals surface area contributed by atoms with Crippen LogP contribution in [0.15, 0.2) is 4.52 Å². The number of amides is 1. The van der Waals surface area contributed by atoms with Gasteiger partial charge in [0.05, 0.1) is 12.3 Å². The number of aromatic nitrogens is 1. The molecule has 5 heteroatoms. The molecule has 0 radical (unpaired) electrons. The van der Waals surface area contributed by atoms with E-state index in [0.717, 1.165) is 0 Å². The summed E-state index contributed by atoms with van der Waals surface area (Å²) in [5.74, 6) is 0.608. The molecule has 0 aliphatic heterocycles. The molecule has 0 fully saturated rings. The Kier molecular flexibility index (Phi) is 4.69. The highest BCUT2D eigenvalue weighted by molar-refractivity contribution is 5.96. The molecule has 1 N–H and O–H groups in total. The van der Waals surface area contributed by atoms with E-state index in [1.165, 1.54) is 0 Å². The first kappa shape index (κ1) is 13.7. The van der Waals surface area contributed by atoms with Crippen LogP contribution in [0.5, 0.6) is 0 Å². The third-order valence-corrected chi connectivity index (χ3v) is 2.43. The van der Waals surface area contributed by atoms with Crippen molar-refractivity contribution in [2.45, 2.75) is 39.7 Å². The summed E-state index contributed by atoms with van der Waals surface area (Å²) < 4.78 is 10.2. The number of carbonyl (C=O) groups is 1. The summed E-state index contributed by atoms with van der Waals surface area (Å²) >= 11 is 0. The molecule has 0 unspecified atom stereocenters. The van der Waals surface area contributed by atoms with Gasteiger partial charge in [0, 0.05) is 19.1 Å². The van der Waals surface area contributed by atoms with Crippen molar-refractivity contribution in [3.8, 4) is 0 Å². The van der Waals surface area contributed by atoms with E-state index in [1.54, 1.807) is 14.0 Å². The molecule has 96 valence electrons. The van der Waals surface area contributed by atoms with E-state index in [9.17, 15) is 4.79 Å². The maximum absolute atomic E-state index is 12.1. The van der Waals surface area contributed by atoms with Gasteiger partial charge in [-0.3, -0.25) is 4.79 Å². The molecule has 1 rings (SSSR count). The van der Waals surface area contributed by atoms with Crippen molar-refractivity contribution in [3.05, 3.63) is 17.0 Å². The second kappa shape index (κ2) is 5.82. The van der Waals surface area contributed by atoms with E-state index in [4.69, 9.17) is 9.26 Å². The highest BCUT2D eigenvalue weighted by Gasteiger charge is 2.23. The molecule has 0 aliphatic rings. The molecule has 0 aromatic carbocycles. The molecule has 17 heavy (non-hydrogen) atoms. The number of nitrogens with zero attached hydrogens (tertiary/aromatic N) is 1. The van der Waals surface area contributed by atoms with Gasteiger partial charge in [-0.1, -0.05) is 19.0 Å². The minimum Gasteiger partial charge on any atom is -0.383 e. The lowest BCUT2D eigenvalue weighted by molar-refractivity contribution is 0.0902. The van der Waals surface area contributed by atoms with Crippen LogP contribution in [0.2, 0.25) is 0 Å². The van der Waals surface area contributed by atoms with Gasteiger partial charge in [0.2, 0.25) is 0 Å². The van der Waals surface area contributed by atoms with Gasteiger partial charge in [-0.25, -0.2) is 0 Å². The van der Waals surface area contributed by atoms with E-state index in [-0.39, 0.29) is 17.9 Å². The van der Waals surface area contributed by atoms with Crippen LogP contribution >= 0.6 is 0 Å². The Morgan fingerprint density at radius 1 is 1.47 bits per heavy atom. The molecule has 5 nitrogen and oxygen atoms in total. The molecule has 0 aliphatic carbocycles. The van der Waals surface area contributed by atoms with E-state index < -0.39 is 0 Å². The standard InChI is InChI=1S/C12H20N2O3/c1-7(2)11-10(9(4)14-17-11)12(15)13-8(3)6-16-5/h7-8H,6H2,1-5H3,(H,13,15)/t8-/m0/s1. The summed E-state index contributed by atoms with van der Waals surface area (Å²) in [6, 6.07) is -0.0400. The summed E-state index contributed by atoms with van der Waals surface area (Å²) in [6.07, 6.45) is 0. The molecular weight excluding hydrogens is 220 g/mol. The topological polar surface area (TPSA) is 64.4 Å². The zero-order valence-corrected chi connectivity index (χ0v) is 11.0. The molecular formula is C12H20N2O3. The van der Waals surface area contributed by atoms with Gasteiger partial charge in [-0.05, 0) is 13.8 Å².